The average molecular weight is 315 g/mol. The van der Waals surface area contributed by atoms with Crippen LogP contribution in [-0.2, 0) is 10.2 Å². The van der Waals surface area contributed by atoms with E-state index in [2.05, 4.69) is 58.7 Å². The molecule has 0 aliphatic rings. The maximum absolute atomic E-state index is 5.01. The minimum absolute atomic E-state index is 0.147. The van der Waals surface area contributed by atoms with Crippen LogP contribution in [0.2, 0.25) is 0 Å². The number of benzene rings is 1. The van der Waals surface area contributed by atoms with Gasteiger partial charge in [-0.25, -0.2) is 0 Å². The van der Waals surface area contributed by atoms with Crippen LogP contribution in [0.5, 0.6) is 0 Å². The van der Waals surface area contributed by atoms with Crippen LogP contribution in [0, 0.1) is 0 Å². The van der Waals surface area contributed by atoms with E-state index in [1.165, 1.54) is 5.56 Å². The van der Waals surface area contributed by atoms with Gasteiger partial charge in [-0.2, -0.15) is 10.1 Å². The van der Waals surface area contributed by atoms with Crippen LogP contribution in [0.3, 0.4) is 0 Å². The van der Waals surface area contributed by atoms with Crippen molar-refractivity contribution in [2.75, 3.05) is 30.9 Å². The van der Waals surface area contributed by atoms with Crippen LogP contribution in [0.4, 0.5) is 17.5 Å². The Bertz CT molecular complexity index is 607. The molecule has 2 N–H and O–H groups in total. The Morgan fingerprint density at radius 2 is 1.87 bits per heavy atom. The fourth-order valence-electron chi connectivity index (χ4n) is 2.06. The molecule has 124 valence electrons. The summed E-state index contributed by atoms with van der Waals surface area (Å²) in [6, 6.07) is 8.35. The molecule has 23 heavy (non-hydrogen) atoms. The summed E-state index contributed by atoms with van der Waals surface area (Å²) in [7, 11) is 1.69. The van der Waals surface area contributed by atoms with Crippen LogP contribution in [-0.4, -0.2) is 35.4 Å². The van der Waals surface area contributed by atoms with Crippen LogP contribution in [0.15, 0.2) is 30.5 Å². The van der Waals surface area contributed by atoms with Crippen molar-refractivity contribution >= 4 is 17.5 Å². The fraction of sp³-hybridized carbons (Fsp3) is 0.471. The van der Waals surface area contributed by atoms with Crippen molar-refractivity contribution in [2.24, 2.45) is 0 Å². The van der Waals surface area contributed by atoms with E-state index < -0.39 is 0 Å². The minimum Gasteiger partial charge on any atom is -0.385 e. The first kappa shape index (κ1) is 17.1. The maximum Gasteiger partial charge on any atom is 0.244 e. The summed E-state index contributed by atoms with van der Waals surface area (Å²) in [5, 5.41) is 14.3. The molecule has 0 aliphatic heterocycles. The summed E-state index contributed by atoms with van der Waals surface area (Å²) in [5.41, 5.74) is 2.42. The van der Waals surface area contributed by atoms with Crippen LogP contribution in [0.1, 0.15) is 32.8 Å². The Hall–Kier alpha value is -2.21. The number of hydrogen-bond donors (Lipinski definition) is 2. The first-order valence-electron chi connectivity index (χ1n) is 7.79. The Morgan fingerprint density at radius 3 is 2.52 bits per heavy atom. The Balaban J connectivity index is 1.97. The zero-order chi connectivity index (χ0) is 16.7. The van der Waals surface area contributed by atoms with E-state index >= 15 is 0 Å². The van der Waals surface area contributed by atoms with Gasteiger partial charge < -0.3 is 15.4 Å². The first-order valence-corrected chi connectivity index (χ1v) is 7.79. The lowest BCUT2D eigenvalue weighted by molar-refractivity contribution is 0.197. The van der Waals surface area contributed by atoms with Gasteiger partial charge in [0.05, 0.1) is 6.20 Å². The number of nitrogens with zero attached hydrogens (tertiary/aromatic N) is 3. The van der Waals surface area contributed by atoms with Crippen LogP contribution >= 0.6 is 0 Å². The maximum atomic E-state index is 5.01. The van der Waals surface area contributed by atoms with Gasteiger partial charge in [0, 0.05) is 25.9 Å². The molecule has 0 aliphatic carbocycles. The lowest BCUT2D eigenvalue weighted by atomic mass is 9.87. The molecule has 0 fully saturated rings. The minimum atomic E-state index is 0.147. The zero-order valence-electron chi connectivity index (χ0n) is 14.3. The molecule has 1 aromatic heterocycles. The highest BCUT2D eigenvalue weighted by Gasteiger charge is 2.12. The Labute approximate surface area is 137 Å². The smallest absolute Gasteiger partial charge is 0.244 e. The molecule has 0 unspecified atom stereocenters. The van der Waals surface area contributed by atoms with E-state index in [-0.39, 0.29) is 5.41 Å². The summed E-state index contributed by atoms with van der Waals surface area (Å²) in [5.74, 6) is 1.18. The van der Waals surface area contributed by atoms with Gasteiger partial charge in [0.1, 0.15) is 0 Å². The molecular weight excluding hydrogens is 290 g/mol. The lowest BCUT2D eigenvalue weighted by Crippen LogP contribution is -2.11. The quantitative estimate of drug-likeness (QED) is 0.763. The summed E-state index contributed by atoms with van der Waals surface area (Å²) in [6.45, 7) is 8.06. The van der Waals surface area contributed by atoms with Crippen LogP contribution in [0.25, 0.3) is 0 Å². The standard InChI is InChI=1S/C17H25N5O/c1-17(2,3)13-6-8-14(9-7-13)20-15-12-19-22-16(21-15)18-10-5-11-23-4/h6-9,12H,5,10-11H2,1-4H3,(H2,18,20,21,22). The van der Waals surface area contributed by atoms with E-state index in [1.54, 1.807) is 13.3 Å². The first-order chi connectivity index (χ1) is 11.0. The number of aromatic nitrogens is 3. The monoisotopic (exact) mass is 315 g/mol. The largest absolute Gasteiger partial charge is 0.385 e. The molecular formula is C17H25N5O. The second-order valence-corrected chi connectivity index (χ2v) is 6.39. The average Bonchev–Trinajstić information content (AvgIpc) is 2.52. The summed E-state index contributed by atoms with van der Waals surface area (Å²) in [4.78, 5) is 4.40. The van der Waals surface area contributed by atoms with Gasteiger partial charge in [-0.1, -0.05) is 32.9 Å². The van der Waals surface area contributed by atoms with Gasteiger partial charge in [-0.3, -0.25) is 0 Å². The molecule has 1 heterocycles. The number of nitrogens with one attached hydrogen (secondary N) is 2. The van der Waals surface area contributed by atoms with E-state index in [4.69, 9.17) is 4.74 Å². The highest BCUT2D eigenvalue weighted by molar-refractivity contribution is 5.56. The Morgan fingerprint density at radius 1 is 1.13 bits per heavy atom. The van der Waals surface area contributed by atoms with Gasteiger partial charge in [0.15, 0.2) is 5.82 Å². The molecule has 0 spiro atoms. The molecule has 6 nitrogen and oxygen atoms in total. The van der Waals surface area contributed by atoms with Crippen molar-refractivity contribution in [3.05, 3.63) is 36.0 Å². The normalized spacial score (nSPS) is 11.3. The predicted octanol–water partition coefficient (Wildman–Crippen LogP) is 3.36. The second kappa shape index (κ2) is 7.87. The third-order valence-electron chi connectivity index (χ3n) is 3.39. The zero-order valence-corrected chi connectivity index (χ0v) is 14.3. The highest BCUT2D eigenvalue weighted by atomic mass is 16.5. The molecule has 2 aromatic rings. The third-order valence-corrected chi connectivity index (χ3v) is 3.39. The van der Waals surface area contributed by atoms with Crippen molar-refractivity contribution in [1.29, 1.82) is 0 Å². The van der Waals surface area contributed by atoms with Crippen molar-refractivity contribution in [3.63, 3.8) is 0 Å². The Kier molecular flexibility index (Phi) is 5.87. The molecule has 0 atom stereocenters. The molecule has 0 bridgehead atoms. The van der Waals surface area contributed by atoms with E-state index in [0.717, 1.165) is 18.7 Å². The van der Waals surface area contributed by atoms with E-state index in [9.17, 15) is 0 Å². The second-order valence-electron chi connectivity index (χ2n) is 6.39. The van der Waals surface area contributed by atoms with Gasteiger partial charge in [0.2, 0.25) is 5.95 Å². The number of ether oxygens (including phenoxy) is 1. The van der Waals surface area contributed by atoms with Gasteiger partial charge in [-0.05, 0) is 29.5 Å². The molecule has 2 rings (SSSR count). The molecule has 6 heteroatoms. The number of rotatable bonds is 7. The van der Waals surface area contributed by atoms with E-state index in [0.29, 0.717) is 18.4 Å². The van der Waals surface area contributed by atoms with Crippen molar-refractivity contribution in [3.8, 4) is 0 Å². The van der Waals surface area contributed by atoms with Crippen molar-refractivity contribution < 1.29 is 4.74 Å². The van der Waals surface area contributed by atoms with Crippen molar-refractivity contribution in [1.82, 2.24) is 15.2 Å². The van der Waals surface area contributed by atoms with Gasteiger partial charge in [0.25, 0.3) is 0 Å². The summed E-state index contributed by atoms with van der Waals surface area (Å²) >= 11 is 0. The fourth-order valence-corrected chi connectivity index (χ4v) is 2.06. The number of anilines is 3. The number of hydrogen-bond acceptors (Lipinski definition) is 6. The molecule has 0 amide bonds. The third kappa shape index (κ3) is 5.49. The van der Waals surface area contributed by atoms with Crippen molar-refractivity contribution in [2.45, 2.75) is 32.6 Å². The molecule has 0 saturated carbocycles. The molecule has 1 aromatic carbocycles. The SMILES string of the molecule is COCCCNc1nncc(Nc2ccc(C(C)(C)C)cc2)n1. The highest BCUT2D eigenvalue weighted by Crippen LogP contribution is 2.24. The molecule has 0 saturated heterocycles. The number of methoxy groups -OCH3 is 1. The van der Waals surface area contributed by atoms with Gasteiger partial charge >= 0.3 is 0 Å². The van der Waals surface area contributed by atoms with E-state index in [1.807, 2.05) is 12.1 Å². The van der Waals surface area contributed by atoms with Crippen LogP contribution < -0.4 is 10.6 Å². The lowest BCUT2D eigenvalue weighted by Gasteiger charge is -2.19. The summed E-state index contributed by atoms with van der Waals surface area (Å²) in [6.07, 6.45) is 2.50. The topological polar surface area (TPSA) is 72.0 Å². The molecule has 0 radical (unpaired) electrons. The summed E-state index contributed by atoms with van der Waals surface area (Å²) < 4.78 is 5.01. The van der Waals surface area contributed by atoms with Gasteiger partial charge in [-0.15, -0.1) is 5.10 Å². The predicted molar refractivity (Wildman–Crippen MR) is 93.2 cm³/mol.